The van der Waals surface area contributed by atoms with Crippen LogP contribution in [0.1, 0.15) is 10.4 Å². The van der Waals surface area contributed by atoms with Gasteiger partial charge in [-0.3, -0.25) is 4.98 Å². The Morgan fingerprint density at radius 3 is 2.82 bits per heavy atom. The Bertz CT molecular complexity index is 392. The fourth-order valence-electron chi connectivity index (χ4n) is 1.10. The predicted molar refractivity (Wildman–Crippen MR) is 46.9 cm³/mol. The van der Waals surface area contributed by atoms with E-state index in [2.05, 4.69) is 16.3 Å². The number of rotatable bonds is 0. The normalized spacial score (nSPS) is 10.7. The molecular weight excluding hydrogens is 156 g/mol. The number of nitrogens with zero attached hydrogens (tertiary/aromatic N) is 2. The summed E-state index contributed by atoms with van der Waals surface area (Å²) >= 11 is 1.54. The van der Waals surface area contributed by atoms with Crippen molar-refractivity contribution in [1.82, 2.24) is 9.36 Å². The molecule has 0 radical (unpaired) electrons. The third kappa shape index (κ3) is 0.922. The van der Waals surface area contributed by atoms with Crippen LogP contribution in [0.15, 0.2) is 12.4 Å². The summed E-state index contributed by atoms with van der Waals surface area (Å²) in [5.74, 6) is 0. The van der Waals surface area contributed by atoms with E-state index in [1.807, 2.05) is 19.3 Å². The Morgan fingerprint density at radius 1 is 1.27 bits per heavy atom. The van der Waals surface area contributed by atoms with Crippen LogP contribution in [0.3, 0.4) is 0 Å². The predicted octanol–water partition coefficient (Wildman–Crippen LogP) is 2.31. The van der Waals surface area contributed by atoms with Crippen molar-refractivity contribution in [1.29, 1.82) is 0 Å². The van der Waals surface area contributed by atoms with Crippen LogP contribution in [-0.4, -0.2) is 9.36 Å². The highest BCUT2D eigenvalue weighted by Crippen LogP contribution is 2.22. The lowest BCUT2D eigenvalue weighted by molar-refractivity contribution is 1.30. The number of fused-ring (bicyclic) bond motifs is 1. The summed E-state index contributed by atoms with van der Waals surface area (Å²) in [6.07, 6.45) is 3.72. The molecule has 2 rings (SSSR count). The average molecular weight is 164 g/mol. The summed E-state index contributed by atoms with van der Waals surface area (Å²) in [6.45, 7) is 4.11. The Morgan fingerprint density at radius 2 is 2.09 bits per heavy atom. The lowest BCUT2D eigenvalue weighted by Crippen LogP contribution is -1.78. The quantitative estimate of drug-likeness (QED) is 0.597. The molecule has 2 nitrogen and oxygen atoms in total. The minimum absolute atomic E-state index is 1.10. The molecule has 0 aromatic carbocycles. The van der Waals surface area contributed by atoms with Crippen molar-refractivity contribution in [3.63, 3.8) is 0 Å². The second-order valence-corrected chi connectivity index (χ2v) is 3.57. The molecule has 2 aromatic rings. The molecule has 0 saturated carbocycles. The van der Waals surface area contributed by atoms with Gasteiger partial charge in [0.1, 0.15) is 0 Å². The molecule has 0 amide bonds. The monoisotopic (exact) mass is 164 g/mol. The van der Waals surface area contributed by atoms with E-state index in [0.29, 0.717) is 0 Å². The zero-order valence-corrected chi connectivity index (χ0v) is 7.27. The van der Waals surface area contributed by atoms with Gasteiger partial charge in [-0.1, -0.05) is 0 Å². The number of aryl methyl sites for hydroxylation is 2. The van der Waals surface area contributed by atoms with Gasteiger partial charge in [-0.2, -0.15) is 4.37 Å². The first-order chi connectivity index (χ1) is 5.29. The van der Waals surface area contributed by atoms with Crippen LogP contribution in [0.5, 0.6) is 0 Å². The molecule has 0 fully saturated rings. The van der Waals surface area contributed by atoms with E-state index in [9.17, 15) is 0 Å². The van der Waals surface area contributed by atoms with Gasteiger partial charge in [0.25, 0.3) is 0 Å². The molecule has 2 aromatic heterocycles. The fraction of sp³-hybridized carbons (Fsp3) is 0.250. The second-order valence-electron chi connectivity index (χ2n) is 2.59. The van der Waals surface area contributed by atoms with Crippen molar-refractivity contribution >= 4 is 22.4 Å². The molecule has 3 heteroatoms. The van der Waals surface area contributed by atoms with Crippen molar-refractivity contribution in [3.8, 4) is 0 Å². The third-order valence-electron chi connectivity index (χ3n) is 1.75. The van der Waals surface area contributed by atoms with Gasteiger partial charge < -0.3 is 0 Å². The Balaban J connectivity index is 2.94. The number of aromatic nitrogens is 2. The lowest BCUT2D eigenvalue weighted by Gasteiger charge is -1.91. The van der Waals surface area contributed by atoms with E-state index in [1.165, 1.54) is 10.3 Å². The topological polar surface area (TPSA) is 25.8 Å². The number of pyridine rings is 1. The molecule has 56 valence electrons. The van der Waals surface area contributed by atoms with Crippen LogP contribution in [0.2, 0.25) is 0 Å². The summed E-state index contributed by atoms with van der Waals surface area (Å²) in [4.78, 5) is 5.36. The van der Waals surface area contributed by atoms with Gasteiger partial charge in [-0.05, 0) is 30.9 Å². The summed E-state index contributed by atoms with van der Waals surface area (Å²) in [5, 5.41) is 1.19. The molecule has 2 heterocycles. The van der Waals surface area contributed by atoms with Crippen LogP contribution >= 0.6 is 11.5 Å². The maximum Gasteiger partial charge on any atom is 0.0903 e. The molecule has 0 unspecified atom stereocenters. The largest absolute Gasteiger partial charge is 0.264 e. The smallest absolute Gasteiger partial charge is 0.0903 e. The molecule has 11 heavy (non-hydrogen) atoms. The lowest BCUT2D eigenvalue weighted by atomic mass is 10.2. The highest BCUT2D eigenvalue weighted by Gasteiger charge is 2.02. The average Bonchev–Trinajstić information content (AvgIpc) is 2.35. The molecule has 0 bridgehead atoms. The molecule has 0 atom stereocenters. The molecule has 0 saturated heterocycles. The maximum atomic E-state index is 4.32. The minimum atomic E-state index is 1.10. The molecule has 0 spiro atoms. The van der Waals surface area contributed by atoms with Gasteiger partial charge in [-0.15, -0.1) is 0 Å². The maximum absolute atomic E-state index is 4.32. The van der Waals surface area contributed by atoms with E-state index >= 15 is 0 Å². The van der Waals surface area contributed by atoms with E-state index in [4.69, 9.17) is 0 Å². The van der Waals surface area contributed by atoms with Gasteiger partial charge in [0.15, 0.2) is 0 Å². The zero-order chi connectivity index (χ0) is 7.84. The first-order valence-corrected chi connectivity index (χ1v) is 4.23. The van der Waals surface area contributed by atoms with Crippen molar-refractivity contribution in [3.05, 3.63) is 22.8 Å². The highest BCUT2D eigenvalue weighted by atomic mass is 32.1. The van der Waals surface area contributed by atoms with Crippen molar-refractivity contribution in [2.75, 3.05) is 0 Å². The summed E-state index contributed by atoms with van der Waals surface area (Å²) < 4.78 is 4.32. The van der Waals surface area contributed by atoms with Gasteiger partial charge >= 0.3 is 0 Å². The molecule has 0 aliphatic rings. The van der Waals surface area contributed by atoms with Gasteiger partial charge in [0, 0.05) is 22.7 Å². The van der Waals surface area contributed by atoms with E-state index in [0.717, 1.165) is 11.1 Å². The van der Waals surface area contributed by atoms with Gasteiger partial charge in [-0.25, -0.2) is 0 Å². The third-order valence-corrected chi connectivity index (χ3v) is 2.52. The highest BCUT2D eigenvalue weighted by molar-refractivity contribution is 7.07. The molecule has 0 aliphatic carbocycles. The standard InChI is InChI=1S/C8H8N2S/c1-5-3-9-4-7-6(2)11-10-8(5)7/h3-4H,1-2H3. The van der Waals surface area contributed by atoms with Crippen LogP contribution in [-0.2, 0) is 0 Å². The van der Waals surface area contributed by atoms with Crippen LogP contribution < -0.4 is 0 Å². The van der Waals surface area contributed by atoms with Crippen molar-refractivity contribution < 1.29 is 0 Å². The van der Waals surface area contributed by atoms with E-state index in [1.54, 1.807) is 11.5 Å². The van der Waals surface area contributed by atoms with Crippen LogP contribution in [0.4, 0.5) is 0 Å². The minimum Gasteiger partial charge on any atom is -0.264 e. The summed E-state index contributed by atoms with van der Waals surface area (Å²) in [7, 11) is 0. The number of hydrogen-bond acceptors (Lipinski definition) is 3. The molecule has 0 aliphatic heterocycles. The van der Waals surface area contributed by atoms with Crippen molar-refractivity contribution in [2.45, 2.75) is 13.8 Å². The van der Waals surface area contributed by atoms with Gasteiger partial charge in [0.05, 0.1) is 5.52 Å². The fourth-order valence-corrected chi connectivity index (χ4v) is 1.82. The SMILES string of the molecule is Cc1snc2c(C)cncc12. The Hall–Kier alpha value is -0.960. The van der Waals surface area contributed by atoms with Crippen LogP contribution in [0, 0.1) is 13.8 Å². The Kier molecular flexibility index (Phi) is 1.39. The van der Waals surface area contributed by atoms with Gasteiger partial charge in [0.2, 0.25) is 0 Å². The van der Waals surface area contributed by atoms with E-state index in [-0.39, 0.29) is 0 Å². The van der Waals surface area contributed by atoms with Crippen molar-refractivity contribution in [2.24, 2.45) is 0 Å². The molecular formula is C8H8N2S. The molecule has 0 N–H and O–H groups in total. The first-order valence-electron chi connectivity index (χ1n) is 3.45. The Labute approximate surface area is 69.1 Å². The van der Waals surface area contributed by atoms with Crippen LogP contribution in [0.25, 0.3) is 10.9 Å². The summed E-state index contributed by atoms with van der Waals surface area (Å²) in [5.41, 5.74) is 2.26. The number of hydrogen-bond donors (Lipinski definition) is 0. The van der Waals surface area contributed by atoms with E-state index < -0.39 is 0 Å². The summed E-state index contributed by atoms with van der Waals surface area (Å²) in [6, 6.07) is 0. The zero-order valence-electron chi connectivity index (χ0n) is 6.46. The first kappa shape index (κ1) is 6.73. The second kappa shape index (κ2) is 2.27.